The van der Waals surface area contributed by atoms with Gasteiger partial charge in [-0.05, 0) is 29.5 Å². The number of thiophene rings is 1. The lowest BCUT2D eigenvalue weighted by atomic mass is 10.0. The highest BCUT2D eigenvalue weighted by Crippen LogP contribution is 2.18. The largest absolute Gasteiger partial charge is 0.332 e. The Hall–Kier alpha value is -2.12. The molecule has 1 unspecified atom stereocenters. The van der Waals surface area contributed by atoms with Gasteiger partial charge in [0.05, 0.1) is 10.9 Å². The van der Waals surface area contributed by atoms with Gasteiger partial charge in [0.25, 0.3) is 5.91 Å². The van der Waals surface area contributed by atoms with Crippen LogP contribution >= 0.6 is 11.3 Å². The van der Waals surface area contributed by atoms with Crippen LogP contribution < -0.4 is 5.32 Å². The Labute approximate surface area is 110 Å². The van der Waals surface area contributed by atoms with Crippen molar-refractivity contribution in [1.82, 2.24) is 5.32 Å². The van der Waals surface area contributed by atoms with Gasteiger partial charge in [-0.2, -0.15) is 5.26 Å². The molecular weight excluding hydrogens is 244 g/mol. The first-order valence-corrected chi connectivity index (χ1v) is 6.40. The second-order valence-electron chi connectivity index (χ2n) is 3.87. The molecule has 0 aliphatic rings. The molecule has 1 amide bonds. The standard InChI is InChI=1S/C14H12N2OS/c1-10-5-2-3-6-11(10)12(9-15)16-14(17)13-7-4-8-18-13/h2-8,12H,1H3,(H,16,17). The van der Waals surface area contributed by atoms with Crippen LogP contribution in [0.15, 0.2) is 41.8 Å². The maximum atomic E-state index is 11.9. The maximum Gasteiger partial charge on any atom is 0.262 e. The average molecular weight is 256 g/mol. The number of aryl methyl sites for hydroxylation is 1. The quantitative estimate of drug-likeness (QED) is 0.917. The first-order chi connectivity index (χ1) is 8.72. The molecule has 0 spiro atoms. The minimum absolute atomic E-state index is 0.209. The topological polar surface area (TPSA) is 52.9 Å². The van der Waals surface area contributed by atoms with Gasteiger partial charge in [-0.25, -0.2) is 0 Å². The van der Waals surface area contributed by atoms with Crippen LogP contribution in [-0.4, -0.2) is 5.91 Å². The Bertz CT molecular complexity index is 584. The first-order valence-electron chi connectivity index (χ1n) is 5.52. The zero-order valence-electron chi connectivity index (χ0n) is 9.88. The SMILES string of the molecule is Cc1ccccc1C(C#N)NC(=O)c1cccs1. The lowest BCUT2D eigenvalue weighted by Crippen LogP contribution is -2.27. The molecule has 1 N–H and O–H groups in total. The summed E-state index contributed by atoms with van der Waals surface area (Å²) in [6.07, 6.45) is 0. The molecule has 0 radical (unpaired) electrons. The summed E-state index contributed by atoms with van der Waals surface area (Å²) in [5.41, 5.74) is 1.83. The van der Waals surface area contributed by atoms with Crippen molar-refractivity contribution in [2.24, 2.45) is 0 Å². The number of amides is 1. The van der Waals surface area contributed by atoms with Crippen LogP contribution in [0.2, 0.25) is 0 Å². The third-order valence-corrected chi connectivity index (χ3v) is 3.52. The average Bonchev–Trinajstić information content (AvgIpc) is 2.90. The van der Waals surface area contributed by atoms with Crippen molar-refractivity contribution in [2.45, 2.75) is 13.0 Å². The van der Waals surface area contributed by atoms with Crippen LogP contribution in [0.4, 0.5) is 0 Å². The first kappa shape index (κ1) is 12.3. The third kappa shape index (κ3) is 2.58. The van der Waals surface area contributed by atoms with E-state index in [9.17, 15) is 10.1 Å². The Morgan fingerprint density at radius 1 is 1.33 bits per heavy atom. The summed E-state index contributed by atoms with van der Waals surface area (Å²) >= 11 is 1.36. The summed E-state index contributed by atoms with van der Waals surface area (Å²) < 4.78 is 0. The van der Waals surface area contributed by atoms with Crippen LogP contribution in [0.3, 0.4) is 0 Å². The highest BCUT2D eigenvalue weighted by atomic mass is 32.1. The highest BCUT2D eigenvalue weighted by Gasteiger charge is 2.16. The highest BCUT2D eigenvalue weighted by molar-refractivity contribution is 7.12. The number of nitriles is 1. The molecular formula is C14H12N2OS. The fraction of sp³-hybridized carbons (Fsp3) is 0.143. The lowest BCUT2D eigenvalue weighted by Gasteiger charge is -2.13. The maximum absolute atomic E-state index is 11.9. The molecule has 4 heteroatoms. The van der Waals surface area contributed by atoms with Gasteiger partial charge in [0.1, 0.15) is 6.04 Å². The van der Waals surface area contributed by atoms with Crippen molar-refractivity contribution >= 4 is 17.2 Å². The number of carbonyl (C=O) groups is 1. The van der Waals surface area contributed by atoms with Gasteiger partial charge in [-0.15, -0.1) is 11.3 Å². The number of hydrogen-bond acceptors (Lipinski definition) is 3. The van der Waals surface area contributed by atoms with Crippen molar-refractivity contribution in [2.75, 3.05) is 0 Å². The molecule has 0 saturated heterocycles. The van der Waals surface area contributed by atoms with Crippen molar-refractivity contribution in [3.8, 4) is 6.07 Å². The molecule has 0 saturated carbocycles. The number of carbonyl (C=O) groups excluding carboxylic acids is 1. The van der Waals surface area contributed by atoms with Crippen molar-refractivity contribution < 1.29 is 4.79 Å². The van der Waals surface area contributed by atoms with E-state index in [0.29, 0.717) is 4.88 Å². The smallest absolute Gasteiger partial charge is 0.262 e. The van der Waals surface area contributed by atoms with Gasteiger partial charge in [0.15, 0.2) is 0 Å². The monoisotopic (exact) mass is 256 g/mol. The number of benzene rings is 1. The van der Waals surface area contributed by atoms with E-state index in [1.165, 1.54) is 11.3 Å². The van der Waals surface area contributed by atoms with E-state index in [0.717, 1.165) is 11.1 Å². The van der Waals surface area contributed by atoms with E-state index >= 15 is 0 Å². The fourth-order valence-corrected chi connectivity index (χ4v) is 2.33. The minimum Gasteiger partial charge on any atom is -0.332 e. The minimum atomic E-state index is -0.610. The second-order valence-corrected chi connectivity index (χ2v) is 4.82. The second kappa shape index (κ2) is 5.48. The van der Waals surface area contributed by atoms with Crippen molar-refractivity contribution in [1.29, 1.82) is 5.26 Å². The Kier molecular flexibility index (Phi) is 3.75. The zero-order valence-corrected chi connectivity index (χ0v) is 10.7. The predicted octanol–water partition coefficient (Wildman–Crippen LogP) is 3.05. The summed E-state index contributed by atoms with van der Waals surface area (Å²) in [7, 11) is 0. The van der Waals surface area contributed by atoms with Crippen LogP contribution in [0, 0.1) is 18.3 Å². The fourth-order valence-electron chi connectivity index (χ4n) is 1.70. The molecule has 18 heavy (non-hydrogen) atoms. The number of nitrogens with one attached hydrogen (secondary N) is 1. The summed E-state index contributed by atoms with van der Waals surface area (Å²) in [5, 5.41) is 13.8. The molecule has 2 aromatic rings. The van der Waals surface area contributed by atoms with Gasteiger partial charge < -0.3 is 5.32 Å². The van der Waals surface area contributed by atoms with E-state index in [1.807, 2.05) is 42.6 Å². The van der Waals surface area contributed by atoms with E-state index in [2.05, 4.69) is 11.4 Å². The van der Waals surface area contributed by atoms with Crippen molar-refractivity contribution in [3.05, 3.63) is 57.8 Å². The van der Waals surface area contributed by atoms with E-state index in [1.54, 1.807) is 6.07 Å². The summed E-state index contributed by atoms with van der Waals surface area (Å²) in [6, 6.07) is 12.6. The predicted molar refractivity (Wildman–Crippen MR) is 71.3 cm³/mol. The van der Waals surface area contributed by atoms with Gasteiger partial charge in [0, 0.05) is 0 Å². The summed E-state index contributed by atoms with van der Waals surface area (Å²) in [4.78, 5) is 12.5. The van der Waals surface area contributed by atoms with Crippen LogP contribution in [0.5, 0.6) is 0 Å². The number of rotatable bonds is 3. The van der Waals surface area contributed by atoms with Gasteiger partial charge >= 0.3 is 0 Å². The molecule has 3 nitrogen and oxygen atoms in total. The molecule has 0 aliphatic heterocycles. The summed E-state index contributed by atoms with van der Waals surface area (Å²) in [5.74, 6) is -0.209. The molecule has 1 atom stereocenters. The Morgan fingerprint density at radius 3 is 2.72 bits per heavy atom. The Morgan fingerprint density at radius 2 is 2.11 bits per heavy atom. The molecule has 1 heterocycles. The molecule has 0 aliphatic carbocycles. The van der Waals surface area contributed by atoms with Gasteiger partial charge in [-0.1, -0.05) is 30.3 Å². The zero-order chi connectivity index (χ0) is 13.0. The van der Waals surface area contributed by atoms with Gasteiger partial charge in [0.2, 0.25) is 0 Å². The number of nitrogens with zero attached hydrogens (tertiary/aromatic N) is 1. The molecule has 0 fully saturated rings. The van der Waals surface area contributed by atoms with Crippen LogP contribution in [-0.2, 0) is 0 Å². The lowest BCUT2D eigenvalue weighted by molar-refractivity contribution is 0.0949. The van der Waals surface area contributed by atoms with E-state index < -0.39 is 6.04 Å². The molecule has 0 bridgehead atoms. The van der Waals surface area contributed by atoms with Crippen LogP contribution in [0.25, 0.3) is 0 Å². The Balaban J connectivity index is 2.19. The summed E-state index contributed by atoms with van der Waals surface area (Å²) in [6.45, 7) is 1.93. The molecule has 1 aromatic carbocycles. The van der Waals surface area contributed by atoms with Gasteiger partial charge in [-0.3, -0.25) is 4.79 Å². The van der Waals surface area contributed by atoms with E-state index in [4.69, 9.17) is 0 Å². The van der Waals surface area contributed by atoms with Crippen LogP contribution in [0.1, 0.15) is 26.8 Å². The van der Waals surface area contributed by atoms with E-state index in [-0.39, 0.29) is 5.91 Å². The number of hydrogen-bond donors (Lipinski definition) is 1. The third-order valence-electron chi connectivity index (χ3n) is 2.65. The molecule has 1 aromatic heterocycles. The molecule has 90 valence electrons. The normalized spacial score (nSPS) is 11.6. The van der Waals surface area contributed by atoms with Crippen molar-refractivity contribution in [3.63, 3.8) is 0 Å². The molecule has 2 rings (SSSR count).